The quantitative estimate of drug-likeness (QED) is 0.0862. The molecular formula is C51H57F2N9O8S. The molecular weight excluding hydrogens is 937 g/mol. The Hall–Kier alpha value is -6.09. The van der Waals surface area contributed by atoms with Gasteiger partial charge >= 0.3 is 0 Å². The average Bonchev–Trinajstić information content (AvgIpc) is 4.11. The maximum atomic E-state index is 14.7. The van der Waals surface area contributed by atoms with Crippen LogP contribution < -0.4 is 29.3 Å². The molecule has 2 aromatic heterocycles. The van der Waals surface area contributed by atoms with E-state index in [-0.39, 0.29) is 68.2 Å². The molecule has 1 aliphatic carbocycles. The molecule has 0 bridgehead atoms. The second kappa shape index (κ2) is 17.3. The standard InChI is InChI=1S/C51H57F2N9O8S/c1-30(2)36-6-3-4-7-37(36)39-8-5-15-60(39)34-22-50(23-34)28-59(29-50)33-9-10-38(40(19-33)61-42-18-31-11-14-54-47(31)56-49(42)70-45-27-68-26-43(45)61)48(63)57-71(66,67)35-20-41(62(64)65)46-44(21-35)69-25-32(55-46)24-58-16-12-51(52,53)13-17-58/h3-4,6-7,9-11,14,18-21,30,32,34,39,43,45,55H,5,8,12-13,15-17,22-29H2,1-2H3,(H,54,56)(H,57,63)/t32-,39+,43-,45-/m1/s1. The molecule has 8 heterocycles. The van der Waals surface area contributed by atoms with Crippen LogP contribution >= 0.6 is 0 Å². The lowest BCUT2D eigenvalue weighted by Crippen LogP contribution is -2.66. The van der Waals surface area contributed by atoms with Gasteiger partial charge in [-0.2, -0.15) is 4.98 Å². The van der Waals surface area contributed by atoms with E-state index in [9.17, 15) is 32.1 Å². The zero-order chi connectivity index (χ0) is 49.0. The van der Waals surface area contributed by atoms with Crippen molar-refractivity contribution in [3.05, 3.63) is 99.7 Å². The Morgan fingerprint density at radius 3 is 2.59 bits per heavy atom. The first-order valence-corrected chi connectivity index (χ1v) is 26.2. The SMILES string of the molecule is CC(C)c1ccccc1[C@@H]1CCCN1C1CC2(C1)CN(c1ccc(C(=O)NS(=O)(=O)c3cc4c(c([N+](=O)[O-])c3)N[C@H](CN3CCC(F)(F)CC3)CO4)c(N3c4cc5cc[nH]c5nc4O[C@@H]4COC[C@H]43)c1)C2. The van der Waals surface area contributed by atoms with Gasteiger partial charge in [-0.25, -0.2) is 21.9 Å². The first kappa shape index (κ1) is 46.0. The Labute approximate surface area is 410 Å². The molecule has 6 aliphatic heterocycles. The highest BCUT2D eigenvalue weighted by Crippen LogP contribution is 2.55. The molecule has 20 heteroatoms. The van der Waals surface area contributed by atoms with Crippen LogP contribution in [-0.2, 0) is 14.8 Å². The van der Waals surface area contributed by atoms with Gasteiger partial charge in [0.2, 0.25) is 5.88 Å². The van der Waals surface area contributed by atoms with Crippen molar-refractivity contribution in [3.8, 4) is 11.6 Å². The van der Waals surface area contributed by atoms with Crippen LogP contribution in [-0.4, -0.2) is 128 Å². The van der Waals surface area contributed by atoms with E-state index in [0.29, 0.717) is 47.4 Å². The molecule has 5 aromatic rings. The fourth-order valence-corrected chi connectivity index (χ4v) is 13.4. The van der Waals surface area contributed by atoms with Crippen molar-refractivity contribution in [1.29, 1.82) is 0 Å². The normalized spacial score (nSPS) is 24.9. The highest BCUT2D eigenvalue weighted by molar-refractivity contribution is 7.90. The van der Waals surface area contributed by atoms with Crippen LogP contribution in [0.5, 0.6) is 11.6 Å². The lowest BCUT2D eigenvalue weighted by Gasteiger charge is -2.62. The molecule has 3 aromatic carbocycles. The molecule has 4 saturated heterocycles. The number of likely N-dealkylation sites (tertiary alicyclic amines) is 2. The second-order valence-corrected chi connectivity index (χ2v) is 22.7. The summed E-state index contributed by atoms with van der Waals surface area (Å²) in [5.41, 5.74) is 5.03. The van der Waals surface area contributed by atoms with Crippen LogP contribution in [0.4, 0.5) is 37.2 Å². The lowest BCUT2D eigenvalue weighted by molar-refractivity contribution is -0.384. The van der Waals surface area contributed by atoms with Crippen molar-refractivity contribution in [1.82, 2.24) is 24.5 Å². The summed E-state index contributed by atoms with van der Waals surface area (Å²) in [7, 11) is -4.75. The molecule has 1 spiro atoms. The lowest BCUT2D eigenvalue weighted by atomic mass is 9.60. The van der Waals surface area contributed by atoms with E-state index in [0.717, 1.165) is 55.7 Å². The van der Waals surface area contributed by atoms with Gasteiger partial charge in [-0.1, -0.05) is 38.1 Å². The molecule has 5 fully saturated rings. The van der Waals surface area contributed by atoms with Gasteiger partial charge < -0.3 is 39.2 Å². The summed E-state index contributed by atoms with van der Waals surface area (Å²) in [5, 5.41) is 16.4. The summed E-state index contributed by atoms with van der Waals surface area (Å²) in [6, 6.07) is 20.3. The number of benzene rings is 3. The maximum absolute atomic E-state index is 14.7. The number of ether oxygens (including phenoxy) is 3. The average molecular weight is 994 g/mol. The number of amides is 1. The number of carbonyl (C=O) groups excluding carboxylic acids is 1. The zero-order valence-corrected chi connectivity index (χ0v) is 40.4. The van der Waals surface area contributed by atoms with Crippen molar-refractivity contribution in [2.24, 2.45) is 5.41 Å². The van der Waals surface area contributed by atoms with Crippen molar-refractivity contribution in [2.45, 2.75) is 99.4 Å². The Morgan fingerprint density at radius 2 is 1.80 bits per heavy atom. The van der Waals surface area contributed by atoms with Crippen LogP contribution in [0.1, 0.15) is 85.8 Å². The number of nitro benzene ring substituents is 1. The van der Waals surface area contributed by atoms with E-state index >= 15 is 0 Å². The van der Waals surface area contributed by atoms with Crippen LogP contribution in [0.2, 0.25) is 0 Å². The fraction of sp³-hybridized carbons (Fsp3) is 0.490. The van der Waals surface area contributed by atoms with Gasteiger partial charge in [0.15, 0.2) is 11.4 Å². The van der Waals surface area contributed by atoms with Crippen molar-refractivity contribution >= 4 is 55.4 Å². The van der Waals surface area contributed by atoms with E-state index in [4.69, 9.17) is 19.2 Å². The number of fused-ring (bicyclic) bond motifs is 4. The van der Waals surface area contributed by atoms with E-state index in [1.165, 1.54) is 24.0 Å². The van der Waals surface area contributed by atoms with Gasteiger partial charge in [0.1, 0.15) is 24.0 Å². The Morgan fingerprint density at radius 1 is 1.00 bits per heavy atom. The molecule has 0 radical (unpaired) electrons. The smallest absolute Gasteiger partial charge is 0.297 e. The third-order valence-electron chi connectivity index (χ3n) is 16.0. The van der Waals surface area contributed by atoms with Crippen LogP contribution in [0, 0.1) is 15.5 Å². The van der Waals surface area contributed by atoms with Gasteiger partial charge in [-0.05, 0) is 79.6 Å². The van der Waals surface area contributed by atoms with Crippen LogP contribution in [0.15, 0.2) is 77.8 Å². The van der Waals surface area contributed by atoms with E-state index in [1.54, 1.807) is 12.3 Å². The third kappa shape index (κ3) is 8.29. The van der Waals surface area contributed by atoms with Crippen LogP contribution in [0.25, 0.3) is 11.0 Å². The topological polar surface area (TPSA) is 188 Å². The summed E-state index contributed by atoms with van der Waals surface area (Å²) in [5.74, 6) is -2.96. The zero-order valence-electron chi connectivity index (χ0n) is 39.6. The maximum Gasteiger partial charge on any atom is 0.297 e. The van der Waals surface area contributed by atoms with E-state index < -0.39 is 55.5 Å². The minimum absolute atomic E-state index is 0.00449. The molecule has 71 heavy (non-hydrogen) atoms. The van der Waals surface area contributed by atoms with Gasteiger partial charge in [-0.3, -0.25) is 19.8 Å². The summed E-state index contributed by atoms with van der Waals surface area (Å²) in [6.07, 6.45) is 5.34. The molecule has 1 saturated carbocycles. The highest BCUT2D eigenvalue weighted by atomic mass is 32.2. The van der Waals surface area contributed by atoms with Crippen molar-refractivity contribution in [3.63, 3.8) is 0 Å². The number of hydrogen-bond donors (Lipinski definition) is 3. The highest BCUT2D eigenvalue weighted by Gasteiger charge is 2.55. The number of nitrogens with zero attached hydrogens (tertiary/aromatic N) is 6. The summed E-state index contributed by atoms with van der Waals surface area (Å²) in [4.78, 5) is 42.7. The minimum Gasteiger partial charge on any atom is -0.489 e. The monoisotopic (exact) mass is 993 g/mol. The molecule has 3 N–H and O–H groups in total. The van der Waals surface area contributed by atoms with Gasteiger partial charge in [-0.15, -0.1) is 0 Å². The molecule has 1 amide bonds. The largest absolute Gasteiger partial charge is 0.489 e. The summed E-state index contributed by atoms with van der Waals surface area (Å²) in [6.45, 7) is 8.51. The predicted molar refractivity (Wildman–Crippen MR) is 262 cm³/mol. The molecule has 374 valence electrons. The third-order valence-corrected chi connectivity index (χ3v) is 17.3. The number of nitro groups is 1. The number of pyridine rings is 1. The number of sulfonamides is 1. The van der Waals surface area contributed by atoms with Crippen molar-refractivity contribution in [2.75, 3.05) is 74.2 Å². The number of rotatable bonds is 11. The fourth-order valence-electron chi connectivity index (χ4n) is 12.4. The first-order chi connectivity index (χ1) is 34.1. The second-order valence-electron chi connectivity index (χ2n) is 21.0. The number of hydrogen-bond acceptors (Lipinski definition) is 14. The summed E-state index contributed by atoms with van der Waals surface area (Å²) < 4.78 is 76.7. The predicted octanol–water partition coefficient (Wildman–Crippen LogP) is 7.72. The molecule has 0 unspecified atom stereocenters. The van der Waals surface area contributed by atoms with Gasteiger partial charge in [0.25, 0.3) is 27.5 Å². The number of nitrogens with one attached hydrogen (secondary N) is 3. The Kier molecular flexibility index (Phi) is 11.2. The summed E-state index contributed by atoms with van der Waals surface area (Å²) >= 11 is 0. The molecule has 4 atom stereocenters. The Bertz CT molecular complexity index is 3040. The first-order valence-electron chi connectivity index (χ1n) is 24.8. The molecule has 17 nitrogen and oxygen atoms in total. The van der Waals surface area contributed by atoms with Crippen molar-refractivity contribution < 1.29 is 41.1 Å². The van der Waals surface area contributed by atoms with Gasteiger partial charge in [0.05, 0.1) is 46.4 Å². The number of alkyl halides is 2. The number of carbonyl (C=O) groups is 1. The Balaban J connectivity index is 0.822. The number of piperidine rings is 1. The number of anilines is 4. The number of aromatic amines is 1. The number of aromatic nitrogens is 2. The molecule has 12 rings (SSSR count). The number of H-pyrrole nitrogens is 1. The van der Waals surface area contributed by atoms with E-state index in [1.807, 2.05) is 34.1 Å². The van der Waals surface area contributed by atoms with E-state index in [2.05, 4.69) is 62.9 Å². The van der Waals surface area contributed by atoms with Gasteiger partial charge in [0, 0.05) is 92.5 Å². The molecule has 7 aliphatic rings. The minimum atomic E-state index is -4.75. The van der Waals surface area contributed by atoms with Crippen LogP contribution in [0.3, 0.4) is 0 Å². The number of halogens is 2.